The fourth-order valence-electron chi connectivity index (χ4n) is 1.74. The third-order valence-electron chi connectivity index (χ3n) is 4.38. The zero-order chi connectivity index (χ0) is 19.2. The molecule has 2 unspecified atom stereocenters. The lowest BCUT2D eigenvalue weighted by atomic mass is 9.89. The second-order valence-electron chi connectivity index (χ2n) is 6.96. The van der Waals surface area contributed by atoms with Crippen molar-refractivity contribution in [1.29, 1.82) is 0 Å². The Balaban J connectivity index is 4.49. The van der Waals surface area contributed by atoms with E-state index in [4.69, 9.17) is 4.74 Å². The zero-order valence-electron chi connectivity index (χ0n) is 15.4. The summed E-state index contributed by atoms with van der Waals surface area (Å²) in [6.45, 7) is 9.89. The van der Waals surface area contributed by atoms with Crippen LogP contribution in [0.5, 0.6) is 0 Å². The summed E-state index contributed by atoms with van der Waals surface area (Å²) < 4.78 is 46.9. The van der Waals surface area contributed by atoms with Crippen molar-refractivity contribution in [2.24, 2.45) is 5.41 Å². The maximum Gasteiger partial charge on any atom is 0.425 e. The Hall–Kier alpha value is -1.27. The maximum absolute atomic E-state index is 12.3. The number of esters is 2. The van der Waals surface area contributed by atoms with Crippen LogP contribution in [0.4, 0.5) is 13.2 Å². The topological polar surface area (TPSA) is 52.6 Å². The molecule has 0 aromatic carbocycles. The lowest BCUT2D eigenvalue weighted by molar-refractivity contribution is -0.216. The standard InChI is InChI=1S/C17H29F3O4/c1-7-15(4,5)14(22)24-16(6,8-2)11-9-10-13(21)23-12(3)17(18,19)20/h12H,7-11H2,1-6H3. The van der Waals surface area contributed by atoms with Gasteiger partial charge in [-0.2, -0.15) is 13.2 Å². The van der Waals surface area contributed by atoms with E-state index in [9.17, 15) is 22.8 Å². The summed E-state index contributed by atoms with van der Waals surface area (Å²) in [5.74, 6) is -1.22. The van der Waals surface area contributed by atoms with Gasteiger partial charge in [0.15, 0.2) is 6.10 Å². The number of halogens is 3. The predicted octanol–water partition coefficient (Wildman–Crippen LogP) is 4.80. The quantitative estimate of drug-likeness (QED) is 0.558. The van der Waals surface area contributed by atoms with E-state index in [2.05, 4.69) is 4.74 Å². The summed E-state index contributed by atoms with van der Waals surface area (Å²) in [5.41, 5.74) is -1.35. The summed E-state index contributed by atoms with van der Waals surface area (Å²) in [7, 11) is 0. The Morgan fingerprint density at radius 3 is 2.00 bits per heavy atom. The molecule has 142 valence electrons. The number of carbonyl (C=O) groups is 2. The molecule has 0 aliphatic heterocycles. The van der Waals surface area contributed by atoms with E-state index in [-0.39, 0.29) is 18.8 Å². The largest absolute Gasteiger partial charge is 0.459 e. The second kappa shape index (κ2) is 8.72. The van der Waals surface area contributed by atoms with Crippen LogP contribution in [0.1, 0.15) is 73.6 Å². The van der Waals surface area contributed by atoms with Crippen molar-refractivity contribution in [2.45, 2.75) is 91.5 Å². The first-order valence-electron chi connectivity index (χ1n) is 8.27. The lowest BCUT2D eigenvalue weighted by Crippen LogP contribution is -2.37. The van der Waals surface area contributed by atoms with E-state index >= 15 is 0 Å². The van der Waals surface area contributed by atoms with Gasteiger partial charge in [-0.1, -0.05) is 13.8 Å². The van der Waals surface area contributed by atoms with Gasteiger partial charge in [-0.3, -0.25) is 9.59 Å². The molecule has 0 fully saturated rings. The van der Waals surface area contributed by atoms with Crippen LogP contribution < -0.4 is 0 Å². The summed E-state index contributed by atoms with van der Waals surface area (Å²) >= 11 is 0. The SMILES string of the molecule is CCC(C)(CCCC(=O)OC(C)C(F)(F)F)OC(=O)C(C)(C)CC. The molecule has 0 amide bonds. The van der Waals surface area contributed by atoms with E-state index in [1.54, 1.807) is 20.8 Å². The molecule has 0 saturated heterocycles. The number of alkyl halides is 3. The molecule has 0 aromatic rings. The second-order valence-corrected chi connectivity index (χ2v) is 6.96. The van der Waals surface area contributed by atoms with Gasteiger partial charge in [-0.15, -0.1) is 0 Å². The molecule has 0 N–H and O–H groups in total. The lowest BCUT2D eigenvalue weighted by Gasteiger charge is -2.32. The first kappa shape index (κ1) is 22.7. The average Bonchev–Trinajstić information content (AvgIpc) is 2.45. The van der Waals surface area contributed by atoms with Crippen molar-refractivity contribution in [2.75, 3.05) is 0 Å². The Bertz CT molecular complexity index is 432. The van der Waals surface area contributed by atoms with Crippen molar-refractivity contribution in [3.8, 4) is 0 Å². The third kappa shape index (κ3) is 7.53. The van der Waals surface area contributed by atoms with E-state index in [1.165, 1.54) is 0 Å². The normalized spacial score (nSPS) is 16.2. The number of carbonyl (C=O) groups excluding carboxylic acids is 2. The summed E-state index contributed by atoms with van der Waals surface area (Å²) in [5, 5.41) is 0. The van der Waals surface area contributed by atoms with Gasteiger partial charge in [0.2, 0.25) is 0 Å². The molecule has 0 aromatic heterocycles. The highest BCUT2D eigenvalue weighted by Crippen LogP contribution is 2.30. The van der Waals surface area contributed by atoms with Gasteiger partial charge in [-0.05, 0) is 53.4 Å². The monoisotopic (exact) mass is 354 g/mol. The van der Waals surface area contributed by atoms with E-state index in [0.29, 0.717) is 19.3 Å². The minimum Gasteiger partial charge on any atom is -0.459 e. The minimum atomic E-state index is -4.56. The molecule has 0 radical (unpaired) electrons. The fourth-order valence-corrected chi connectivity index (χ4v) is 1.74. The van der Waals surface area contributed by atoms with E-state index in [1.807, 2.05) is 13.8 Å². The van der Waals surface area contributed by atoms with Crippen molar-refractivity contribution >= 4 is 11.9 Å². The maximum atomic E-state index is 12.3. The molecular formula is C17H29F3O4. The first-order chi connectivity index (χ1) is 10.8. The molecule has 0 heterocycles. The van der Waals surface area contributed by atoms with Crippen molar-refractivity contribution in [3.63, 3.8) is 0 Å². The smallest absolute Gasteiger partial charge is 0.425 e. The summed E-state index contributed by atoms with van der Waals surface area (Å²) in [4.78, 5) is 23.7. The summed E-state index contributed by atoms with van der Waals surface area (Å²) in [6, 6.07) is 0. The van der Waals surface area contributed by atoms with Crippen molar-refractivity contribution < 1.29 is 32.2 Å². The molecule has 0 spiro atoms. The van der Waals surface area contributed by atoms with Gasteiger partial charge >= 0.3 is 18.1 Å². The number of ether oxygens (including phenoxy) is 2. The Kier molecular flexibility index (Phi) is 8.26. The number of hydrogen-bond donors (Lipinski definition) is 0. The highest BCUT2D eigenvalue weighted by Gasteiger charge is 2.39. The first-order valence-corrected chi connectivity index (χ1v) is 8.27. The molecule has 24 heavy (non-hydrogen) atoms. The van der Waals surface area contributed by atoms with Crippen LogP contribution in [0.25, 0.3) is 0 Å². The highest BCUT2D eigenvalue weighted by atomic mass is 19.4. The van der Waals surface area contributed by atoms with Gasteiger partial charge < -0.3 is 9.47 Å². The predicted molar refractivity (Wildman–Crippen MR) is 84.3 cm³/mol. The van der Waals surface area contributed by atoms with E-state index in [0.717, 1.165) is 6.92 Å². The van der Waals surface area contributed by atoms with Crippen LogP contribution in [0.15, 0.2) is 0 Å². The molecule has 0 aliphatic carbocycles. The van der Waals surface area contributed by atoms with Gasteiger partial charge in [0.05, 0.1) is 5.41 Å². The molecule has 0 bridgehead atoms. The highest BCUT2D eigenvalue weighted by molar-refractivity contribution is 5.76. The number of hydrogen-bond acceptors (Lipinski definition) is 4. The Labute approximate surface area is 142 Å². The van der Waals surface area contributed by atoms with Crippen LogP contribution >= 0.6 is 0 Å². The van der Waals surface area contributed by atoms with E-state index < -0.39 is 29.3 Å². The van der Waals surface area contributed by atoms with Crippen molar-refractivity contribution in [3.05, 3.63) is 0 Å². The van der Waals surface area contributed by atoms with Crippen LogP contribution in [-0.2, 0) is 19.1 Å². The molecule has 0 rings (SSSR count). The zero-order valence-corrected chi connectivity index (χ0v) is 15.4. The average molecular weight is 354 g/mol. The molecular weight excluding hydrogens is 325 g/mol. The van der Waals surface area contributed by atoms with Gasteiger partial charge in [-0.25, -0.2) is 0 Å². The van der Waals surface area contributed by atoms with Gasteiger partial charge in [0.1, 0.15) is 5.60 Å². The molecule has 4 nitrogen and oxygen atoms in total. The number of rotatable bonds is 9. The Morgan fingerprint density at radius 2 is 1.58 bits per heavy atom. The van der Waals surface area contributed by atoms with Crippen molar-refractivity contribution in [1.82, 2.24) is 0 Å². The molecule has 0 saturated carbocycles. The minimum absolute atomic E-state index is 0.148. The van der Waals surface area contributed by atoms with Crippen LogP contribution in [0, 0.1) is 5.41 Å². The molecule has 2 atom stereocenters. The summed E-state index contributed by atoms with van der Waals surface area (Å²) in [6.07, 6.45) is -4.98. The van der Waals surface area contributed by atoms with Crippen LogP contribution in [0.3, 0.4) is 0 Å². The van der Waals surface area contributed by atoms with Crippen LogP contribution in [-0.4, -0.2) is 29.8 Å². The Morgan fingerprint density at radius 1 is 1.04 bits per heavy atom. The molecule has 7 heteroatoms. The fraction of sp³-hybridized carbons (Fsp3) is 0.882. The molecule has 0 aliphatic rings. The van der Waals surface area contributed by atoms with Crippen LogP contribution in [0.2, 0.25) is 0 Å². The van der Waals surface area contributed by atoms with Gasteiger partial charge in [0, 0.05) is 6.42 Å². The third-order valence-corrected chi connectivity index (χ3v) is 4.38. The van der Waals surface area contributed by atoms with Gasteiger partial charge in [0.25, 0.3) is 0 Å².